The third-order valence-electron chi connectivity index (χ3n) is 5.05. The van der Waals surface area contributed by atoms with Crippen molar-refractivity contribution < 1.29 is 4.21 Å². The van der Waals surface area contributed by atoms with Gasteiger partial charge < -0.3 is 9.88 Å². The highest BCUT2D eigenvalue weighted by atomic mass is 32.2. The van der Waals surface area contributed by atoms with Crippen molar-refractivity contribution in [2.45, 2.75) is 6.92 Å². The number of rotatable bonds is 5. The number of H-pyrrole nitrogens is 1. The van der Waals surface area contributed by atoms with Gasteiger partial charge >= 0.3 is 0 Å². The van der Waals surface area contributed by atoms with Crippen LogP contribution in [0, 0.1) is 17.8 Å². The van der Waals surface area contributed by atoms with Crippen molar-refractivity contribution >= 4 is 27.8 Å². The summed E-state index contributed by atoms with van der Waals surface area (Å²) in [6.45, 7) is 4.99. The Bertz CT molecular complexity index is 705. The number of nitrogens with one attached hydrogen (secondary N) is 1. The topological polar surface area (TPSA) is 65.1 Å². The molecule has 2 unspecified atom stereocenters. The predicted octanol–water partition coefficient (Wildman–Crippen LogP) is 1.26. The molecular weight excluding hydrogens is 298 g/mol. The van der Waals surface area contributed by atoms with Gasteiger partial charge in [0.2, 0.25) is 0 Å². The molecule has 118 valence electrons. The number of anilines is 1. The number of hydrogen-bond acceptors (Lipinski definition) is 4. The van der Waals surface area contributed by atoms with Gasteiger partial charge in [0.05, 0.1) is 16.4 Å². The third kappa shape index (κ3) is 2.23. The molecule has 22 heavy (non-hydrogen) atoms. The summed E-state index contributed by atoms with van der Waals surface area (Å²) < 4.78 is 14.0. The van der Waals surface area contributed by atoms with Gasteiger partial charge in [0, 0.05) is 38.6 Å². The van der Waals surface area contributed by atoms with Crippen LogP contribution < -0.4 is 4.90 Å². The molecule has 0 bridgehead atoms. The second-order valence-electron chi connectivity index (χ2n) is 6.27. The Morgan fingerprint density at radius 2 is 2.18 bits per heavy atom. The molecular formula is C15H21N5OS. The molecule has 0 radical (unpaired) electrons. The van der Waals surface area contributed by atoms with Crippen LogP contribution in [-0.2, 0) is 11.0 Å². The highest BCUT2D eigenvalue weighted by Crippen LogP contribution is 2.52. The zero-order valence-corrected chi connectivity index (χ0v) is 13.7. The van der Waals surface area contributed by atoms with E-state index in [-0.39, 0.29) is 0 Å². The Morgan fingerprint density at radius 3 is 2.91 bits per heavy atom. The summed E-state index contributed by atoms with van der Waals surface area (Å²) in [5.74, 6) is 3.85. The number of nitrogens with zero attached hydrogens (tertiary/aromatic N) is 4. The molecule has 1 aliphatic heterocycles. The molecule has 2 aromatic rings. The van der Waals surface area contributed by atoms with E-state index < -0.39 is 11.0 Å². The molecule has 7 heteroatoms. The van der Waals surface area contributed by atoms with Gasteiger partial charge in [-0.15, -0.1) is 0 Å². The summed E-state index contributed by atoms with van der Waals surface area (Å²) >= 11 is 0. The maximum Gasteiger partial charge on any atom is 0.142 e. The molecule has 4 rings (SSSR count). The van der Waals surface area contributed by atoms with Gasteiger partial charge in [0.15, 0.2) is 0 Å². The van der Waals surface area contributed by atoms with E-state index in [0.29, 0.717) is 17.8 Å². The Hall–Kier alpha value is -1.47. The third-order valence-corrected chi connectivity index (χ3v) is 6.42. The monoisotopic (exact) mass is 319 g/mol. The first-order chi connectivity index (χ1) is 10.7. The molecule has 1 saturated carbocycles. The van der Waals surface area contributed by atoms with E-state index in [0.717, 1.165) is 42.2 Å². The maximum atomic E-state index is 11.9. The van der Waals surface area contributed by atoms with Crippen LogP contribution >= 0.6 is 0 Å². The largest absolute Gasteiger partial charge is 0.359 e. The molecule has 3 heterocycles. The predicted molar refractivity (Wildman–Crippen MR) is 87.9 cm³/mol. The summed E-state index contributed by atoms with van der Waals surface area (Å²) in [5, 5.41) is 1.07. The van der Waals surface area contributed by atoms with Crippen molar-refractivity contribution in [3.05, 3.63) is 18.6 Å². The van der Waals surface area contributed by atoms with Crippen molar-refractivity contribution in [2.75, 3.05) is 37.3 Å². The molecule has 0 amide bonds. The van der Waals surface area contributed by atoms with Gasteiger partial charge in [-0.3, -0.25) is 0 Å². The molecule has 6 nitrogen and oxygen atoms in total. The fourth-order valence-electron chi connectivity index (χ4n) is 3.80. The molecule has 4 atom stereocenters. The van der Waals surface area contributed by atoms with Crippen LogP contribution in [0.25, 0.3) is 11.0 Å². The van der Waals surface area contributed by atoms with E-state index in [1.807, 2.05) is 19.2 Å². The fraction of sp³-hybridized carbons (Fsp3) is 0.600. The SMILES string of the molecule is CCS(=O)N1C[C@@H]2C(CN(C)c3ncnc4[nH]ccc34)[C@@H]2C1. The van der Waals surface area contributed by atoms with Crippen LogP contribution in [-0.4, -0.2) is 55.9 Å². The number of aromatic nitrogens is 3. The second kappa shape index (κ2) is 5.31. The smallest absolute Gasteiger partial charge is 0.142 e. The Balaban J connectivity index is 1.42. The summed E-state index contributed by atoms with van der Waals surface area (Å²) in [6.07, 6.45) is 3.52. The van der Waals surface area contributed by atoms with Crippen LogP contribution in [0.2, 0.25) is 0 Å². The highest BCUT2D eigenvalue weighted by molar-refractivity contribution is 7.82. The van der Waals surface area contributed by atoms with Gasteiger partial charge in [0.1, 0.15) is 17.8 Å². The molecule has 0 aromatic carbocycles. The lowest BCUT2D eigenvalue weighted by molar-refractivity contribution is 0.441. The average Bonchev–Trinajstić information content (AvgIpc) is 2.94. The molecule has 1 saturated heterocycles. The molecule has 2 aliphatic rings. The number of fused-ring (bicyclic) bond motifs is 2. The zero-order valence-electron chi connectivity index (χ0n) is 12.9. The highest BCUT2D eigenvalue weighted by Gasteiger charge is 2.56. The van der Waals surface area contributed by atoms with Crippen molar-refractivity contribution in [3.63, 3.8) is 0 Å². The maximum absolute atomic E-state index is 11.9. The minimum absolute atomic E-state index is 0.707. The fourth-order valence-corrected chi connectivity index (χ4v) is 4.84. The minimum atomic E-state index is -0.774. The normalized spacial score (nSPS) is 28.7. The molecule has 1 N–H and O–H groups in total. The lowest BCUT2D eigenvalue weighted by Gasteiger charge is -2.22. The standard InChI is InChI=1S/C15H21N5OS/c1-3-22(21)20-7-12-11(13(12)8-20)6-19(2)15-10-4-5-16-14(10)17-9-18-15/h4-5,9,11-13H,3,6-8H2,1-2H3,(H,16,17,18)/t11?,12-,13+,22?. The van der Waals surface area contributed by atoms with Crippen LogP contribution in [0.3, 0.4) is 0 Å². The Labute approximate surface area is 132 Å². The van der Waals surface area contributed by atoms with Crippen LogP contribution in [0.4, 0.5) is 5.82 Å². The first-order valence-electron chi connectivity index (χ1n) is 7.81. The molecule has 2 fully saturated rings. The van der Waals surface area contributed by atoms with Gasteiger partial charge in [-0.05, 0) is 23.8 Å². The van der Waals surface area contributed by atoms with E-state index in [1.165, 1.54) is 0 Å². The van der Waals surface area contributed by atoms with E-state index in [9.17, 15) is 4.21 Å². The second-order valence-corrected chi connectivity index (χ2v) is 8.00. The van der Waals surface area contributed by atoms with Gasteiger partial charge in [-0.1, -0.05) is 6.92 Å². The first kappa shape index (κ1) is 14.1. The van der Waals surface area contributed by atoms with E-state index in [1.54, 1.807) is 6.33 Å². The quantitative estimate of drug-likeness (QED) is 0.901. The van der Waals surface area contributed by atoms with Gasteiger partial charge in [-0.2, -0.15) is 0 Å². The summed E-state index contributed by atoms with van der Waals surface area (Å²) in [5.41, 5.74) is 0.886. The number of aromatic amines is 1. The van der Waals surface area contributed by atoms with Crippen LogP contribution in [0.15, 0.2) is 18.6 Å². The van der Waals surface area contributed by atoms with Crippen molar-refractivity contribution in [3.8, 4) is 0 Å². The zero-order chi connectivity index (χ0) is 15.3. The average molecular weight is 319 g/mol. The van der Waals surface area contributed by atoms with Crippen molar-refractivity contribution in [1.82, 2.24) is 19.3 Å². The molecule has 0 spiro atoms. The lowest BCUT2D eigenvalue weighted by Crippen LogP contribution is -2.31. The van der Waals surface area contributed by atoms with Crippen LogP contribution in [0.1, 0.15) is 6.92 Å². The van der Waals surface area contributed by atoms with Crippen LogP contribution in [0.5, 0.6) is 0 Å². The van der Waals surface area contributed by atoms with Gasteiger partial charge in [0.25, 0.3) is 0 Å². The number of piperidine rings is 1. The minimum Gasteiger partial charge on any atom is -0.359 e. The Kier molecular flexibility index (Phi) is 3.41. The van der Waals surface area contributed by atoms with E-state index in [4.69, 9.17) is 0 Å². The Morgan fingerprint density at radius 1 is 1.41 bits per heavy atom. The van der Waals surface area contributed by atoms with Gasteiger partial charge in [-0.25, -0.2) is 18.5 Å². The summed E-state index contributed by atoms with van der Waals surface area (Å²) in [6, 6.07) is 2.03. The van der Waals surface area contributed by atoms with Crippen molar-refractivity contribution in [1.29, 1.82) is 0 Å². The van der Waals surface area contributed by atoms with E-state index >= 15 is 0 Å². The van der Waals surface area contributed by atoms with Crippen molar-refractivity contribution in [2.24, 2.45) is 17.8 Å². The molecule has 1 aliphatic carbocycles. The first-order valence-corrected chi connectivity index (χ1v) is 9.09. The molecule has 2 aromatic heterocycles. The van der Waals surface area contributed by atoms with E-state index in [2.05, 4.69) is 31.2 Å². The lowest BCUT2D eigenvalue weighted by atomic mass is 10.2. The summed E-state index contributed by atoms with van der Waals surface area (Å²) in [4.78, 5) is 14.1. The summed E-state index contributed by atoms with van der Waals surface area (Å²) in [7, 11) is 1.33. The number of hydrogen-bond donors (Lipinski definition) is 1.